The third kappa shape index (κ3) is 3.61. The number of nitro groups is 1. The van der Waals surface area contributed by atoms with Crippen molar-refractivity contribution in [2.45, 2.75) is 4.21 Å². The average molecular weight is 397 g/mol. The summed E-state index contributed by atoms with van der Waals surface area (Å²) in [5.74, 6) is 0.780. The number of ether oxygens (including phenoxy) is 1. The second-order valence-electron chi connectivity index (χ2n) is 5.93. The Hall–Kier alpha value is -2.33. The third-order valence-corrected chi connectivity index (χ3v) is 7.21. The predicted molar refractivity (Wildman–Crippen MR) is 102 cm³/mol. The molecule has 140 valence electrons. The second-order valence-corrected chi connectivity index (χ2v) is 9.20. The molecule has 0 unspecified atom stereocenters. The number of piperazine rings is 1. The number of methoxy groups -OCH3 is 1. The van der Waals surface area contributed by atoms with Crippen LogP contribution in [0.2, 0.25) is 0 Å². The normalized spacial score (nSPS) is 15.2. The molecule has 3 rings (SSSR count). The molecule has 1 aromatic carbocycles. The lowest BCUT2D eigenvalue weighted by Gasteiger charge is -2.36. The lowest BCUT2D eigenvalue weighted by molar-refractivity contribution is -0.383. The van der Waals surface area contributed by atoms with Gasteiger partial charge in [-0.25, -0.2) is 8.42 Å². The van der Waals surface area contributed by atoms with E-state index in [0.29, 0.717) is 31.2 Å². The van der Waals surface area contributed by atoms with E-state index in [1.807, 2.05) is 29.2 Å². The van der Waals surface area contributed by atoms with Gasteiger partial charge in [-0.15, -0.1) is 0 Å². The van der Waals surface area contributed by atoms with Crippen LogP contribution in [0, 0.1) is 10.1 Å². The standard InChI is InChI=1S/C16H19N3O5S2/c1-24-14-6-4-3-5-12(14)17-7-9-18(10-8-17)16-13(19(20)21)11-15(25-16)26(2,22)23/h3-6,11H,7-10H2,1-2H3. The third-order valence-electron chi connectivity index (χ3n) is 4.23. The van der Waals surface area contributed by atoms with E-state index >= 15 is 0 Å². The first-order valence-corrected chi connectivity index (χ1v) is 10.6. The molecule has 26 heavy (non-hydrogen) atoms. The number of nitrogens with zero attached hydrogens (tertiary/aromatic N) is 3. The fourth-order valence-electron chi connectivity index (χ4n) is 2.93. The molecule has 0 radical (unpaired) electrons. The first kappa shape index (κ1) is 18.5. The number of hydrogen-bond acceptors (Lipinski definition) is 8. The highest BCUT2D eigenvalue weighted by molar-refractivity contribution is 7.92. The zero-order valence-electron chi connectivity index (χ0n) is 14.4. The largest absolute Gasteiger partial charge is 0.495 e. The number of anilines is 2. The summed E-state index contributed by atoms with van der Waals surface area (Å²) < 4.78 is 28.9. The minimum atomic E-state index is -3.48. The fraction of sp³-hybridized carbons (Fsp3) is 0.375. The van der Waals surface area contributed by atoms with Gasteiger partial charge in [0.2, 0.25) is 0 Å². The van der Waals surface area contributed by atoms with E-state index in [1.54, 1.807) is 7.11 Å². The summed E-state index contributed by atoms with van der Waals surface area (Å²) >= 11 is 0.959. The van der Waals surface area contributed by atoms with Gasteiger partial charge >= 0.3 is 5.69 Å². The van der Waals surface area contributed by atoms with E-state index in [1.165, 1.54) is 0 Å². The van der Waals surface area contributed by atoms with Gasteiger partial charge in [0.1, 0.15) is 9.96 Å². The molecule has 10 heteroatoms. The summed E-state index contributed by atoms with van der Waals surface area (Å²) in [4.78, 5) is 14.9. The smallest absolute Gasteiger partial charge is 0.305 e. The molecular weight excluding hydrogens is 378 g/mol. The van der Waals surface area contributed by atoms with Gasteiger partial charge in [0.05, 0.1) is 17.7 Å². The Balaban J connectivity index is 1.82. The van der Waals surface area contributed by atoms with E-state index in [-0.39, 0.29) is 9.90 Å². The number of sulfone groups is 1. The van der Waals surface area contributed by atoms with Crippen LogP contribution in [0.15, 0.2) is 34.5 Å². The molecular formula is C16H19N3O5S2. The molecule has 0 atom stereocenters. The second kappa shape index (κ2) is 7.12. The molecule has 0 N–H and O–H groups in total. The van der Waals surface area contributed by atoms with Crippen LogP contribution >= 0.6 is 11.3 Å². The lowest BCUT2D eigenvalue weighted by Crippen LogP contribution is -2.46. The van der Waals surface area contributed by atoms with Gasteiger partial charge in [0.25, 0.3) is 0 Å². The van der Waals surface area contributed by atoms with Crippen LogP contribution < -0.4 is 14.5 Å². The molecule has 0 amide bonds. The molecule has 1 saturated heterocycles. The molecule has 1 aliphatic rings. The average Bonchev–Trinajstić information content (AvgIpc) is 3.08. The Morgan fingerprint density at radius 1 is 1.15 bits per heavy atom. The van der Waals surface area contributed by atoms with Crippen LogP contribution in [-0.2, 0) is 9.84 Å². The Morgan fingerprint density at radius 3 is 2.35 bits per heavy atom. The SMILES string of the molecule is COc1ccccc1N1CCN(c2sc(S(C)(=O)=O)cc2[N+](=O)[O-])CC1. The quantitative estimate of drug-likeness (QED) is 0.565. The van der Waals surface area contributed by atoms with E-state index < -0.39 is 14.8 Å². The van der Waals surface area contributed by atoms with E-state index in [0.717, 1.165) is 35.1 Å². The maximum atomic E-state index is 11.8. The number of benzene rings is 1. The van der Waals surface area contributed by atoms with Gasteiger partial charge in [-0.2, -0.15) is 0 Å². The first-order chi connectivity index (χ1) is 12.3. The maximum Gasteiger partial charge on any atom is 0.305 e. The van der Waals surface area contributed by atoms with Gasteiger partial charge in [0.15, 0.2) is 14.8 Å². The Bertz CT molecular complexity index is 918. The van der Waals surface area contributed by atoms with E-state index in [9.17, 15) is 18.5 Å². The van der Waals surface area contributed by atoms with Crippen molar-refractivity contribution in [1.82, 2.24) is 0 Å². The lowest BCUT2D eigenvalue weighted by atomic mass is 10.2. The van der Waals surface area contributed by atoms with Crippen LogP contribution in [0.1, 0.15) is 0 Å². The number of para-hydroxylation sites is 2. The summed E-state index contributed by atoms with van der Waals surface area (Å²) in [6.07, 6.45) is 1.06. The van der Waals surface area contributed by atoms with Crippen LogP contribution in [0.4, 0.5) is 16.4 Å². The van der Waals surface area contributed by atoms with Crippen molar-refractivity contribution < 1.29 is 18.1 Å². The number of thiophene rings is 1. The first-order valence-electron chi connectivity index (χ1n) is 7.92. The molecule has 0 spiro atoms. The minimum absolute atomic E-state index is 0.0198. The maximum absolute atomic E-state index is 11.8. The van der Waals surface area contributed by atoms with Gasteiger partial charge in [-0.1, -0.05) is 23.5 Å². The van der Waals surface area contributed by atoms with Gasteiger partial charge in [0, 0.05) is 38.5 Å². The molecule has 0 saturated carbocycles. The van der Waals surface area contributed by atoms with Gasteiger partial charge in [-0.05, 0) is 12.1 Å². The Morgan fingerprint density at radius 2 is 1.77 bits per heavy atom. The summed E-state index contributed by atoms with van der Waals surface area (Å²) in [6, 6.07) is 8.86. The molecule has 8 nitrogen and oxygen atoms in total. The molecule has 0 aliphatic carbocycles. The van der Waals surface area contributed by atoms with Crippen molar-refractivity contribution >= 4 is 37.5 Å². The van der Waals surface area contributed by atoms with Crippen molar-refractivity contribution in [3.63, 3.8) is 0 Å². The summed E-state index contributed by atoms with van der Waals surface area (Å²) in [5.41, 5.74) is 0.827. The highest BCUT2D eigenvalue weighted by Gasteiger charge is 2.30. The van der Waals surface area contributed by atoms with Crippen molar-refractivity contribution in [1.29, 1.82) is 0 Å². The number of rotatable bonds is 5. The Kier molecular flexibility index (Phi) is 5.05. The van der Waals surface area contributed by atoms with Crippen molar-refractivity contribution in [2.75, 3.05) is 49.3 Å². The monoisotopic (exact) mass is 397 g/mol. The van der Waals surface area contributed by atoms with Gasteiger partial charge in [-0.3, -0.25) is 10.1 Å². The Labute approximate surface area is 155 Å². The zero-order chi connectivity index (χ0) is 18.9. The van der Waals surface area contributed by atoms with Crippen LogP contribution in [0.3, 0.4) is 0 Å². The van der Waals surface area contributed by atoms with E-state index in [4.69, 9.17) is 4.74 Å². The molecule has 1 fully saturated rings. The van der Waals surface area contributed by atoms with Crippen molar-refractivity contribution in [2.24, 2.45) is 0 Å². The van der Waals surface area contributed by atoms with Crippen LogP contribution in [0.5, 0.6) is 5.75 Å². The molecule has 0 bridgehead atoms. The topological polar surface area (TPSA) is 93.0 Å². The summed E-state index contributed by atoms with van der Waals surface area (Å²) in [5, 5.41) is 11.7. The molecule has 2 heterocycles. The zero-order valence-corrected chi connectivity index (χ0v) is 16.0. The van der Waals surface area contributed by atoms with E-state index in [2.05, 4.69) is 4.90 Å². The minimum Gasteiger partial charge on any atom is -0.495 e. The molecule has 2 aromatic rings. The highest BCUT2D eigenvalue weighted by Crippen LogP contribution is 2.40. The summed E-state index contributed by atoms with van der Waals surface area (Å²) in [6.45, 7) is 2.43. The fourth-order valence-corrected chi connectivity index (χ4v) is 5.01. The number of hydrogen-bond donors (Lipinski definition) is 0. The summed E-state index contributed by atoms with van der Waals surface area (Å²) in [7, 11) is -1.86. The predicted octanol–water partition coefficient (Wildman–Crippen LogP) is 2.40. The van der Waals surface area contributed by atoms with Crippen molar-refractivity contribution in [3.05, 3.63) is 40.4 Å². The molecule has 1 aliphatic heterocycles. The van der Waals surface area contributed by atoms with Gasteiger partial charge < -0.3 is 14.5 Å². The highest BCUT2D eigenvalue weighted by atomic mass is 32.2. The van der Waals surface area contributed by atoms with Crippen molar-refractivity contribution in [3.8, 4) is 5.75 Å². The molecule has 1 aromatic heterocycles. The van der Waals surface area contributed by atoms with Crippen LogP contribution in [-0.4, -0.2) is 52.9 Å². The van der Waals surface area contributed by atoms with Crippen LogP contribution in [0.25, 0.3) is 0 Å².